The van der Waals surface area contributed by atoms with E-state index in [9.17, 15) is 5.11 Å². The van der Waals surface area contributed by atoms with Crippen LogP contribution in [0.15, 0.2) is 46.4 Å². The maximum atomic E-state index is 11.2. The van der Waals surface area contributed by atoms with Crippen LogP contribution >= 0.6 is 11.3 Å². The molecule has 0 fully saturated rings. The van der Waals surface area contributed by atoms with Crippen LogP contribution < -0.4 is 0 Å². The van der Waals surface area contributed by atoms with Gasteiger partial charge in [-0.25, -0.2) is 0 Å². The fraction of sp³-hybridized carbons (Fsp3) is 0.333. The van der Waals surface area contributed by atoms with Gasteiger partial charge in [-0.05, 0) is 118 Å². The summed E-state index contributed by atoms with van der Waals surface area (Å²) < 4.78 is 7.28. The number of fused-ring (bicyclic) bond motifs is 2. The average Bonchev–Trinajstić information content (AvgIpc) is 3.35. The summed E-state index contributed by atoms with van der Waals surface area (Å²) >= 11 is 1.83. The van der Waals surface area contributed by atoms with Crippen molar-refractivity contribution in [2.24, 2.45) is 0 Å². The molecule has 0 aliphatic carbocycles. The number of phenols is 1. The van der Waals surface area contributed by atoms with E-state index in [0.717, 1.165) is 47.8 Å². The molecule has 0 saturated heterocycles. The Bertz CT molecular complexity index is 1380. The number of furan rings is 1. The molecule has 3 heteroatoms. The Kier molecular flexibility index (Phi) is 6.81. The van der Waals surface area contributed by atoms with E-state index in [1.54, 1.807) is 6.26 Å². The smallest absolute Gasteiger partial charge is 0.176 e. The summed E-state index contributed by atoms with van der Waals surface area (Å²) in [6, 6.07) is 2.39. The summed E-state index contributed by atoms with van der Waals surface area (Å²) in [5, 5.41) is 15.8. The van der Waals surface area contributed by atoms with Crippen LogP contribution in [0.4, 0.5) is 0 Å². The van der Waals surface area contributed by atoms with Crippen molar-refractivity contribution in [3.63, 3.8) is 0 Å². The molecule has 2 nitrogen and oxygen atoms in total. The first kappa shape index (κ1) is 23.4. The van der Waals surface area contributed by atoms with Crippen molar-refractivity contribution in [2.45, 2.75) is 67.2 Å². The second kappa shape index (κ2) is 9.61. The van der Waals surface area contributed by atoms with E-state index in [-0.39, 0.29) is 0 Å². The summed E-state index contributed by atoms with van der Waals surface area (Å²) in [5.74, 6) is 0.295. The zero-order chi connectivity index (χ0) is 23.7. The quantitative estimate of drug-likeness (QED) is 0.280. The van der Waals surface area contributed by atoms with Gasteiger partial charge in [0.25, 0.3) is 0 Å². The van der Waals surface area contributed by atoms with E-state index in [2.05, 4.69) is 70.4 Å². The minimum Gasteiger partial charge on any atom is -0.504 e. The molecule has 4 aromatic rings. The van der Waals surface area contributed by atoms with Crippen molar-refractivity contribution in [2.75, 3.05) is 0 Å². The molecule has 0 radical (unpaired) electrons. The topological polar surface area (TPSA) is 33.4 Å². The van der Waals surface area contributed by atoms with Crippen molar-refractivity contribution in [1.82, 2.24) is 0 Å². The molecule has 0 atom stereocenters. The van der Waals surface area contributed by atoms with E-state index in [1.165, 1.54) is 37.9 Å². The van der Waals surface area contributed by atoms with Crippen molar-refractivity contribution in [3.8, 4) is 16.9 Å². The highest BCUT2D eigenvalue weighted by atomic mass is 32.1. The van der Waals surface area contributed by atoms with Gasteiger partial charge in [0, 0.05) is 21.0 Å². The van der Waals surface area contributed by atoms with Crippen LogP contribution in [-0.4, -0.2) is 5.11 Å². The third-order valence-electron chi connectivity index (χ3n) is 6.83. The third-order valence-corrected chi connectivity index (χ3v) is 7.88. The molecular formula is C30H34O2S. The molecule has 0 aliphatic heterocycles. The summed E-state index contributed by atoms with van der Waals surface area (Å²) in [6.45, 7) is 12.8. The van der Waals surface area contributed by atoms with Crippen molar-refractivity contribution >= 4 is 32.4 Å². The van der Waals surface area contributed by atoms with Gasteiger partial charge >= 0.3 is 0 Å². The number of aryl methyl sites for hydroxylation is 3. The Hall–Kier alpha value is -2.78. The van der Waals surface area contributed by atoms with E-state index in [1.807, 2.05) is 18.3 Å². The van der Waals surface area contributed by atoms with Crippen molar-refractivity contribution in [3.05, 3.63) is 75.4 Å². The zero-order valence-corrected chi connectivity index (χ0v) is 21.5. The molecule has 2 aromatic carbocycles. The monoisotopic (exact) mass is 458 g/mol. The number of phenolic OH excluding ortho intramolecular Hbond substituents is 1. The summed E-state index contributed by atoms with van der Waals surface area (Å²) in [7, 11) is 0. The van der Waals surface area contributed by atoms with Gasteiger partial charge in [0.2, 0.25) is 0 Å². The molecule has 0 aliphatic rings. The molecular weight excluding hydrogens is 424 g/mol. The highest BCUT2D eigenvalue weighted by Crippen LogP contribution is 2.48. The van der Waals surface area contributed by atoms with E-state index < -0.39 is 0 Å². The lowest BCUT2D eigenvalue weighted by atomic mass is 9.83. The van der Waals surface area contributed by atoms with Gasteiger partial charge in [-0.3, -0.25) is 0 Å². The second-order valence-electron chi connectivity index (χ2n) is 8.99. The minimum absolute atomic E-state index is 0.295. The fourth-order valence-corrected chi connectivity index (χ4v) is 6.09. The minimum atomic E-state index is 0.295. The zero-order valence-electron chi connectivity index (χ0n) is 20.6. The highest BCUT2D eigenvalue weighted by molar-refractivity contribution is 7.17. The number of hydrogen-bond acceptors (Lipinski definition) is 3. The number of thiophene rings is 1. The number of aromatic hydroxyl groups is 1. The third kappa shape index (κ3) is 4.04. The normalized spacial score (nSPS) is 12.3. The van der Waals surface area contributed by atoms with Crippen LogP contribution in [0.1, 0.15) is 60.1 Å². The number of hydrogen-bond donors (Lipinski definition) is 1. The molecule has 0 amide bonds. The molecule has 0 unspecified atom stereocenters. The lowest BCUT2D eigenvalue weighted by Crippen LogP contribution is -2.00. The molecule has 33 heavy (non-hydrogen) atoms. The number of allylic oxidation sites excluding steroid dienone is 4. The van der Waals surface area contributed by atoms with Crippen LogP contribution in [0.25, 0.3) is 32.2 Å². The molecule has 0 saturated carbocycles. The van der Waals surface area contributed by atoms with Gasteiger partial charge in [-0.2, -0.15) is 0 Å². The molecule has 4 rings (SSSR count). The Morgan fingerprint density at radius 1 is 0.879 bits per heavy atom. The molecule has 0 bridgehead atoms. The lowest BCUT2D eigenvalue weighted by molar-refractivity contribution is 0.458. The standard InChI is InChI=1S/C30H34O2S/c1-7-9-11-13-22-15-24-25(19(4)17-33-24)27(20(22)5)28-21(6)23(14-12-10-8-2)29(31)30-26(28)18(3)16-32-30/h7-10,15-17,31H,11-14H2,1-6H3/b9-7+,10-8+. The van der Waals surface area contributed by atoms with Crippen molar-refractivity contribution < 1.29 is 9.52 Å². The van der Waals surface area contributed by atoms with Gasteiger partial charge in [-0.15, -0.1) is 11.3 Å². The predicted molar refractivity (Wildman–Crippen MR) is 144 cm³/mol. The van der Waals surface area contributed by atoms with E-state index in [0.29, 0.717) is 11.3 Å². The van der Waals surface area contributed by atoms with Crippen LogP contribution in [-0.2, 0) is 12.8 Å². The molecule has 2 aromatic heterocycles. The van der Waals surface area contributed by atoms with Crippen LogP contribution in [0.2, 0.25) is 0 Å². The van der Waals surface area contributed by atoms with Crippen LogP contribution in [0, 0.1) is 27.7 Å². The first-order valence-corrected chi connectivity index (χ1v) is 12.7. The SMILES string of the molecule is C/C=C/CCc1cc2scc(C)c2c(-c2c(C)c(CC/C=C/C)c(O)c3occ(C)c23)c1C. The fourth-order valence-electron chi connectivity index (χ4n) is 5.08. The van der Waals surface area contributed by atoms with Gasteiger partial charge in [0.15, 0.2) is 11.3 Å². The largest absolute Gasteiger partial charge is 0.504 e. The Morgan fingerprint density at radius 3 is 2.24 bits per heavy atom. The summed E-state index contributed by atoms with van der Waals surface area (Å²) in [5.41, 5.74) is 10.4. The van der Waals surface area contributed by atoms with Crippen molar-refractivity contribution in [1.29, 1.82) is 0 Å². The van der Waals surface area contributed by atoms with Crippen LogP contribution in [0.3, 0.4) is 0 Å². The van der Waals surface area contributed by atoms with E-state index in [4.69, 9.17) is 4.42 Å². The number of rotatable bonds is 7. The van der Waals surface area contributed by atoms with Gasteiger partial charge in [0.05, 0.1) is 6.26 Å². The predicted octanol–water partition coefficient (Wildman–Crippen LogP) is 9.27. The molecule has 0 spiro atoms. The second-order valence-corrected chi connectivity index (χ2v) is 9.90. The Morgan fingerprint density at radius 2 is 1.55 bits per heavy atom. The molecule has 2 heterocycles. The number of benzene rings is 2. The van der Waals surface area contributed by atoms with Gasteiger partial charge in [0.1, 0.15) is 0 Å². The van der Waals surface area contributed by atoms with E-state index >= 15 is 0 Å². The lowest BCUT2D eigenvalue weighted by Gasteiger charge is -2.20. The maximum Gasteiger partial charge on any atom is 0.176 e. The average molecular weight is 459 g/mol. The molecule has 1 N–H and O–H groups in total. The first-order chi connectivity index (χ1) is 15.9. The van der Waals surface area contributed by atoms with Gasteiger partial charge < -0.3 is 9.52 Å². The maximum absolute atomic E-state index is 11.2. The highest BCUT2D eigenvalue weighted by Gasteiger charge is 2.25. The first-order valence-electron chi connectivity index (χ1n) is 11.9. The Labute approximate surface area is 201 Å². The van der Waals surface area contributed by atoms with Crippen LogP contribution in [0.5, 0.6) is 5.75 Å². The Balaban J connectivity index is 2.10. The summed E-state index contributed by atoms with van der Waals surface area (Å²) in [4.78, 5) is 0. The summed E-state index contributed by atoms with van der Waals surface area (Å²) in [6.07, 6.45) is 14.1. The molecule has 172 valence electrons. The van der Waals surface area contributed by atoms with Gasteiger partial charge in [-0.1, -0.05) is 24.3 Å².